The van der Waals surface area contributed by atoms with E-state index >= 15 is 0 Å². The number of aryl methyl sites for hydroxylation is 1. The molecule has 4 heteroatoms. The Bertz CT molecular complexity index is 604. The third-order valence-electron chi connectivity index (χ3n) is 3.84. The van der Waals surface area contributed by atoms with Gasteiger partial charge in [-0.2, -0.15) is 5.10 Å². The number of aromatic nitrogens is 2. The average molecular weight is 306 g/mol. The zero-order valence-electron chi connectivity index (χ0n) is 13.4. The van der Waals surface area contributed by atoms with Crippen LogP contribution >= 0.6 is 11.6 Å². The third kappa shape index (κ3) is 3.86. The van der Waals surface area contributed by atoms with Crippen LogP contribution in [-0.4, -0.2) is 28.3 Å². The molecule has 0 bridgehead atoms. The maximum atomic E-state index is 6.25. The maximum absolute atomic E-state index is 6.25. The number of hydrogen-bond acceptors (Lipinski definition) is 2. The van der Waals surface area contributed by atoms with Crippen LogP contribution in [0.3, 0.4) is 0 Å². The second-order valence-electron chi connectivity index (χ2n) is 5.64. The van der Waals surface area contributed by atoms with Gasteiger partial charge in [0.15, 0.2) is 0 Å². The van der Waals surface area contributed by atoms with E-state index < -0.39 is 0 Å². The fourth-order valence-electron chi connectivity index (χ4n) is 2.64. The maximum Gasteiger partial charge on any atom is 0.0677 e. The number of halogens is 1. The fourth-order valence-corrected chi connectivity index (χ4v) is 2.83. The monoisotopic (exact) mass is 305 g/mol. The van der Waals surface area contributed by atoms with Gasteiger partial charge in [-0.3, -0.25) is 4.68 Å². The van der Waals surface area contributed by atoms with Gasteiger partial charge < -0.3 is 4.90 Å². The molecule has 0 radical (unpaired) electrons. The molecule has 3 nitrogen and oxygen atoms in total. The molecule has 0 aliphatic heterocycles. The number of benzene rings is 1. The van der Waals surface area contributed by atoms with Crippen LogP contribution in [0.2, 0.25) is 5.02 Å². The van der Waals surface area contributed by atoms with Gasteiger partial charge in [0.2, 0.25) is 0 Å². The molecule has 0 amide bonds. The summed E-state index contributed by atoms with van der Waals surface area (Å²) in [4.78, 5) is 2.34. The molecule has 0 N–H and O–H groups in total. The second kappa shape index (κ2) is 7.10. The highest BCUT2D eigenvalue weighted by molar-refractivity contribution is 6.31. The van der Waals surface area contributed by atoms with Crippen molar-refractivity contribution in [2.24, 2.45) is 0 Å². The van der Waals surface area contributed by atoms with Crippen molar-refractivity contribution in [3.8, 4) is 0 Å². The molecule has 2 rings (SSSR count). The second-order valence-corrected chi connectivity index (χ2v) is 6.04. The Labute approximate surface area is 132 Å². The molecule has 1 heterocycles. The van der Waals surface area contributed by atoms with E-state index in [1.807, 2.05) is 18.2 Å². The Kier molecular flexibility index (Phi) is 5.43. The van der Waals surface area contributed by atoms with Crippen LogP contribution in [0.4, 0.5) is 0 Å². The number of nitrogens with zero attached hydrogens (tertiary/aromatic N) is 3. The fraction of sp³-hybridized carbons (Fsp3) is 0.471. The van der Waals surface area contributed by atoms with Crippen molar-refractivity contribution >= 4 is 11.6 Å². The summed E-state index contributed by atoms with van der Waals surface area (Å²) in [5.74, 6) is 0. The van der Waals surface area contributed by atoms with Crippen molar-refractivity contribution in [2.75, 3.05) is 13.6 Å². The lowest BCUT2D eigenvalue weighted by Crippen LogP contribution is -2.19. The Hall–Kier alpha value is -1.32. The summed E-state index contributed by atoms with van der Waals surface area (Å²) in [5, 5.41) is 5.49. The summed E-state index contributed by atoms with van der Waals surface area (Å²) in [6, 6.07) is 7.96. The minimum Gasteiger partial charge on any atom is -0.302 e. The molecular formula is C17H24ClN3. The summed E-state index contributed by atoms with van der Waals surface area (Å²) in [5.41, 5.74) is 4.79. The first-order valence-electron chi connectivity index (χ1n) is 7.47. The van der Waals surface area contributed by atoms with E-state index in [-0.39, 0.29) is 0 Å². The van der Waals surface area contributed by atoms with Gasteiger partial charge in [-0.15, -0.1) is 0 Å². The van der Waals surface area contributed by atoms with Crippen molar-refractivity contribution in [1.82, 2.24) is 14.7 Å². The molecular weight excluding hydrogens is 282 g/mol. The van der Waals surface area contributed by atoms with Crippen molar-refractivity contribution < 1.29 is 0 Å². The van der Waals surface area contributed by atoms with Crippen molar-refractivity contribution in [3.63, 3.8) is 0 Å². The summed E-state index contributed by atoms with van der Waals surface area (Å²) in [6.45, 7) is 9.22. The minimum atomic E-state index is 0.726. The highest BCUT2D eigenvalue weighted by Gasteiger charge is 2.14. The van der Waals surface area contributed by atoms with Crippen molar-refractivity contribution in [3.05, 3.63) is 51.8 Å². The van der Waals surface area contributed by atoms with Crippen LogP contribution in [0.25, 0.3) is 0 Å². The SMILES string of the molecule is CCCN(C)Cc1c(C)nn(Cc2ccccc2Cl)c1C. The smallest absolute Gasteiger partial charge is 0.0677 e. The van der Waals surface area contributed by atoms with Crippen LogP contribution in [-0.2, 0) is 13.1 Å². The van der Waals surface area contributed by atoms with Crippen molar-refractivity contribution in [2.45, 2.75) is 40.3 Å². The van der Waals surface area contributed by atoms with Crippen molar-refractivity contribution in [1.29, 1.82) is 0 Å². The largest absolute Gasteiger partial charge is 0.302 e. The minimum absolute atomic E-state index is 0.726. The van der Waals surface area contributed by atoms with E-state index in [9.17, 15) is 0 Å². The van der Waals surface area contributed by atoms with Gasteiger partial charge >= 0.3 is 0 Å². The van der Waals surface area contributed by atoms with Gasteiger partial charge in [-0.05, 0) is 45.5 Å². The molecule has 0 unspecified atom stereocenters. The van der Waals surface area contributed by atoms with Gasteiger partial charge in [-0.25, -0.2) is 0 Å². The Morgan fingerprint density at radius 3 is 2.62 bits per heavy atom. The summed E-state index contributed by atoms with van der Waals surface area (Å²) in [7, 11) is 2.16. The first-order chi connectivity index (χ1) is 10.0. The lowest BCUT2D eigenvalue weighted by Gasteiger charge is -2.15. The Morgan fingerprint density at radius 2 is 1.95 bits per heavy atom. The molecule has 0 spiro atoms. The highest BCUT2D eigenvalue weighted by Crippen LogP contribution is 2.20. The molecule has 0 saturated heterocycles. The first kappa shape index (κ1) is 16.1. The topological polar surface area (TPSA) is 21.1 Å². The average Bonchev–Trinajstić information content (AvgIpc) is 2.69. The Morgan fingerprint density at radius 1 is 1.24 bits per heavy atom. The standard InChI is InChI=1S/C17H24ClN3/c1-5-10-20(4)12-16-13(2)19-21(14(16)3)11-15-8-6-7-9-17(15)18/h6-9H,5,10-12H2,1-4H3. The van der Waals surface area contributed by atoms with E-state index in [1.54, 1.807) is 0 Å². The van der Waals surface area contributed by atoms with Gasteiger partial charge in [0.1, 0.15) is 0 Å². The van der Waals surface area contributed by atoms with E-state index in [4.69, 9.17) is 16.7 Å². The summed E-state index contributed by atoms with van der Waals surface area (Å²) in [6.07, 6.45) is 1.17. The van der Waals surface area contributed by atoms with Crippen LogP contribution in [0, 0.1) is 13.8 Å². The third-order valence-corrected chi connectivity index (χ3v) is 4.21. The molecule has 0 aliphatic carbocycles. The van der Waals surface area contributed by atoms with Gasteiger partial charge in [-0.1, -0.05) is 36.7 Å². The van der Waals surface area contributed by atoms with Crippen LogP contribution in [0.1, 0.15) is 35.9 Å². The van der Waals surface area contributed by atoms with E-state index in [2.05, 4.69) is 43.5 Å². The molecule has 0 atom stereocenters. The van der Waals surface area contributed by atoms with Crippen LogP contribution < -0.4 is 0 Å². The van der Waals surface area contributed by atoms with Crippen LogP contribution in [0.15, 0.2) is 24.3 Å². The molecule has 2 aromatic rings. The van der Waals surface area contributed by atoms with Gasteiger partial charge in [0, 0.05) is 22.8 Å². The van der Waals surface area contributed by atoms with E-state index in [1.165, 1.54) is 17.7 Å². The molecule has 0 saturated carbocycles. The molecule has 0 fully saturated rings. The number of hydrogen-bond donors (Lipinski definition) is 0. The predicted molar refractivity (Wildman–Crippen MR) is 88.9 cm³/mol. The zero-order chi connectivity index (χ0) is 15.4. The van der Waals surface area contributed by atoms with Gasteiger partial charge in [0.05, 0.1) is 12.2 Å². The quantitative estimate of drug-likeness (QED) is 0.803. The van der Waals surface area contributed by atoms with E-state index in [0.29, 0.717) is 0 Å². The molecule has 1 aromatic heterocycles. The first-order valence-corrected chi connectivity index (χ1v) is 7.85. The lowest BCUT2D eigenvalue weighted by atomic mass is 10.1. The molecule has 0 aliphatic rings. The highest BCUT2D eigenvalue weighted by atomic mass is 35.5. The van der Waals surface area contributed by atoms with Gasteiger partial charge in [0.25, 0.3) is 0 Å². The molecule has 1 aromatic carbocycles. The molecule has 114 valence electrons. The zero-order valence-corrected chi connectivity index (χ0v) is 14.1. The molecule has 21 heavy (non-hydrogen) atoms. The summed E-state index contributed by atoms with van der Waals surface area (Å²) >= 11 is 6.25. The van der Waals surface area contributed by atoms with E-state index in [0.717, 1.165) is 35.9 Å². The Balaban J connectivity index is 2.21. The van der Waals surface area contributed by atoms with Crippen LogP contribution in [0.5, 0.6) is 0 Å². The normalized spacial score (nSPS) is 11.3. The lowest BCUT2D eigenvalue weighted by molar-refractivity contribution is 0.326. The number of rotatable bonds is 6. The summed E-state index contributed by atoms with van der Waals surface area (Å²) < 4.78 is 2.06. The predicted octanol–water partition coefficient (Wildman–Crippen LogP) is 4.04.